The van der Waals surface area contributed by atoms with Gasteiger partial charge in [-0.1, -0.05) is 209 Å². The number of pyridine rings is 1. The van der Waals surface area contributed by atoms with Crippen molar-refractivity contribution in [1.29, 1.82) is 0 Å². The Morgan fingerprint density at radius 2 is 1.12 bits per heavy atom. The topological polar surface area (TPSA) is 50.9 Å². The number of nitrogens with zero attached hydrogens (tertiary/aromatic N) is 3. The van der Waals surface area contributed by atoms with E-state index in [-0.39, 0.29) is 60.5 Å². The van der Waals surface area contributed by atoms with E-state index < -0.39 is 53.3 Å². The normalized spacial score (nSPS) is 13.9. The van der Waals surface area contributed by atoms with Crippen molar-refractivity contribution in [3.63, 3.8) is 0 Å². The van der Waals surface area contributed by atoms with Crippen LogP contribution in [0.15, 0.2) is 164 Å². The Kier molecular flexibility index (Phi) is 10.6. The maximum Gasteiger partial charge on any atom is 0.148 e. The molecule has 0 saturated carbocycles. The van der Waals surface area contributed by atoms with Crippen LogP contribution in [0.2, 0.25) is 0 Å². The second kappa shape index (κ2) is 18.5. The number of fused-ring (bicyclic) bond motifs is 1. The van der Waals surface area contributed by atoms with Gasteiger partial charge in [-0.25, -0.2) is 4.98 Å². The Morgan fingerprint density at radius 3 is 1.72 bits per heavy atom. The summed E-state index contributed by atoms with van der Waals surface area (Å²) in [6, 6.07) is 39.0. The molecule has 9 rings (SSSR count). The van der Waals surface area contributed by atoms with Gasteiger partial charge in [0, 0.05) is 44.1 Å². The Hall–Kier alpha value is -6.35. The number of imidazole rings is 1. The van der Waals surface area contributed by atoms with Crippen LogP contribution >= 0.6 is 0 Å². The van der Waals surface area contributed by atoms with E-state index in [1.165, 1.54) is 0 Å². The molecule has 0 atom stereocenters. The average Bonchev–Trinajstić information content (AvgIpc) is 3.82. The van der Waals surface area contributed by atoms with E-state index in [1.807, 2.05) is 54.6 Å². The first-order valence-corrected chi connectivity index (χ1v) is 23.3. The number of phenols is 1. The summed E-state index contributed by atoms with van der Waals surface area (Å²) >= 11 is 0. The third-order valence-corrected chi connectivity index (χ3v) is 12.7. The quantitative estimate of drug-likeness (QED) is 0.162. The molecule has 0 aliphatic carbocycles. The monoisotopic (exact) mass is 1090 g/mol. The first kappa shape index (κ1) is 39.5. The van der Waals surface area contributed by atoms with E-state index in [4.69, 9.17) is 14.6 Å². The summed E-state index contributed by atoms with van der Waals surface area (Å²) in [4.78, 5) is 10.2. The molecule has 0 radical (unpaired) electrons. The van der Waals surface area contributed by atoms with Gasteiger partial charge in [0.1, 0.15) is 11.6 Å². The van der Waals surface area contributed by atoms with E-state index in [9.17, 15) is 6.48 Å². The minimum atomic E-state index is -0.611. The first-order valence-electron chi connectivity index (χ1n) is 27.3. The molecule has 7 aromatic carbocycles. The molecule has 2 heterocycles. The number of benzene rings is 7. The fraction of sp³-hybridized carbons (Fsp3) is 0.250. The van der Waals surface area contributed by atoms with Gasteiger partial charge in [-0.3, -0.25) is 9.55 Å². The van der Waals surface area contributed by atoms with Gasteiger partial charge in [-0.15, -0.1) is 29.3 Å². The van der Waals surface area contributed by atoms with Gasteiger partial charge in [-0.2, -0.15) is 0 Å². The predicted octanol–water partition coefficient (Wildman–Crippen LogP) is 17.1. The number of hydrogen-bond acceptors (Lipinski definition) is 3. The van der Waals surface area contributed by atoms with E-state index in [0.717, 1.165) is 55.7 Å². The molecular formula is C64H64N3OPt-. The van der Waals surface area contributed by atoms with E-state index >= 15 is 0 Å². The summed E-state index contributed by atoms with van der Waals surface area (Å²) in [5, 5.41) is 12.8. The molecule has 4 nitrogen and oxygen atoms in total. The van der Waals surface area contributed by atoms with Gasteiger partial charge >= 0.3 is 0 Å². The van der Waals surface area contributed by atoms with Gasteiger partial charge in [0.2, 0.25) is 0 Å². The molecular weight excluding hydrogens is 1020 g/mol. The van der Waals surface area contributed by atoms with Gasteiger partial charge in [0.05, 0.1) is 33.3 Å². The molecule has 0 aliphatic heterocycles. The van der Waals surface area contributed by atoms with Crippen molar-refractivity contribution < 1.29 is 37.1 Å². The minimum Gasteiger partial charge on any atom is -0.507 e. The first-order chi connectivity index (χ1) is 35.5. The molecule has 0 bridgehead atoms. The van der Waals surface area contributed by atoms with Crippen molar-refractivity contribution in [3.8, 4) is 78.6 Å². The zero-order valence-electron chi connectivity index (χ0n) is 49.6. The molecule has 2 aromatic heterocycles. The van der Waals surface area contributed by atoms with E-state index in [1.54, 1.807) is 0 Å². The number of aromatic nitrogens is 3. The fourth-order valence-corrected chi connectivity index (χ4v) is 8.87. The van der Waals surface area contributed by atoms with Crippen molar-refractivity contribution in [2.75, 3.05) is 0 Å². The number of phenolic OH excluding ortho intramolecular Hbond substituents is 1. The largest absolute Gasteiger partial charge is 0.507 e. The molecule has 0 amide bonds. The molecule has 0 unspecified atom stereocenters. The van der Waals surface area contributed by atoms with Crippen LogP contribution in [-0.4, -0.2) is 19.6 Å². The van der Waals surface area contributed by atoms with Gasteiger partial charge in [0.25, 0.3) is 0 Å². The van der Waals surface area contributed by atoms with E-state index in [2.05, 4.69) is 159 Å². The molecule has 69 heavy (non-hydrogen) atoms. The number of aromatic hydroxyl groups is 1. The average molecular weight is 1090 g/mol. The summed E-state index contributed by atoms with van der Waals surface area (Å²) in [7, 11) is 0. The molecule has 0 spiro atoms. The van der Waals surface area contributed by atoms with Crippen LogP contribution < -0.4 is 0 Å². The maximum atomic E-state index is 12.8. The van der Waals surface area contributed by atoms with Crippen LogP contribution in [0, 0.1) is 6.07 Å². The SMILES string of the molecule is [2H]c1nc(-c2[c-]c(-c3cccc4c3nc(-c3cc(C(C)(C)C)cc(C(C)(C)C)c3O)n4-c3cc(-c4ccccc4)c(C(C)(C)C)cc3-c3ccccc3)cc(C(C)(C)C)c2)c([2H])c(-c2c([2H])c([2H])c([2H])c([2H])c2[2H])c1[2H].[Pt]. The van der Waals surface area contributed by atoms with Crippen LogP contribution in [0.4, 0.5) is 0 Å². The minimum absolute atomic E-state index is 0. The third kappa shape index (κ3) is 9.79. The fourth-order valence-electron chi connectivity index (χ4n) is 8.87. The predicted molar refractivity (Wildman–Crippen MR) is 287 cm³/mol. The maximum absolute atomic E-state index is 12.8. The Morgan fingerprint density at radius 1 is 0.522 bits per heavy atom. The van der Waals surface area contributed by atoms with Crippen LogP contribution in [0.5, 0.6) is 5.75 Å². The third-order valence-electron chi connectivity index (χ3n) is 12.7. The Bertz CT molecular complexity index is 3760. The molecule has 0 aliphatic rings. The summed E-state index contributed by atoms with van der Waals surface area (Å²) in [5.41, 5.74) is 10.1. The summed E-state index contributed by atoms with van der Waals surface area (Å²) in [6.45, 7) is 25.7. The number of hydrogen-bond donors (Lipinski definition) is 1. The van der Waals surface area contributed by atoms with Crippen molar-refractivity contribution >= 4 is 11.0 Å². The number of para-hydroxylation sites is 1. The molecule has 0 fully saturated rings. The van der Waals surface area contributed by atoms with E-state index in [0.29, 0.717) is 33.6 Å². The van der Waals surface area contributed by atoms with Crippen LogP contribution in [-0.2, 0) is 42.7 Å². The van der Waals surface area contributed by atoms with Gasteiger partial charge < -0.3 is 5.11 Å². The second-order valence-corrected chi connectivity index (χ2v) is 21.9. The smallest absolute Gasteiger partial charge is 0.148 e. The van der Waals surface area contributed by atoms with Gasteiger partial charge in [-0.05, 0) is 90.9 Å². The molecule has 0 saturated heterocycles. The van der Waals surface area contributed by atoms with Crippen molar-refractivity contribution in [1.82, 2.24) is 14.5 Å². The zero-order chi connectivity index (χ0) is 55.3. The summed E-state index contributed by atoms with van der Waals surface area (Å²) in [5.74, 6) is 0.651. The second-order valence-electron chi connectivity index (χ2n) is 21.9. The molecule has 1 N–H and O–H groups in total. The van der Waals surface area contributed by atoms with Crippen LogP contribution in [0.1, 0.15) is 116 Å². The Balaban J connectivity index is 0.00000784. The molecule has 9 aromatic rings. The van der Waals surface area contributed by atoms with Crippen molar-refractivity contribution in [2.24, 2.45) is 0 Å². The standard InChI is InChI=1S/C64H64N3O.Pt/c1-61(2,3)47-34-45(33-46(35-47)55-36-44(31-32-65-55)41-23-16-13-17-24-41)49-29-22-30-56-58(49)66-60(52-37-48(62(4,5)6)38-54(59(52)68)64(10,11)12)67(56)57-40-50(42-25-18-14-19-26-42)53(63(7,8)9)39-51(57)43-27-20-15-21-28-43;/h13-32,34-40,68H,1-12H3;/q-1;/i13D,16D,17D,23D,24D,31D,32D,36D;. The van der Waals surface area contributed by atoms with Crippen LogP contribution in [0.25, 0.3) is 83.9 Å². The Labute approximate surface area is 436 Å². The number of rotatable bonds is 7. The summed E-state index contributed by atoms with van der Waals surface area (Å²) < 4.78 is 72.3. The van der Waals surface area contributed by atoms with Gasteiger partial charge in [0.15, 0.2) is 0 Å². The van der Waals surface area contributed by atoms with Crippen molar-refractivity contribution in [3.05, 3.63) is 192 Å². The molecule has 5 heteroatoms. The van der Waals surface area contributed by atoms with Crippen molar-refractivity contribution in [2.45, 2.75) is 105 Å². The van der Waals surface area contributed by atoms with Crippen LogP contribution in [0.3, 0.4) is 0 Å². The molecule has 352 valence electrons. The summed E-state index contributed by atoms with van der Waals surface area (Å²) in [6.07, 6.45) is -0.525. The zero-order valence-corrected chi connectivity index (χ0v) is 43.8.